The van der Waals surface area contributed by atoms with Crippen molar-refractivity contribution in [1.82, 2.24) is 9.80 Å². The van der Waals surface area contributed by atoms with E-state index in [4.69, 9.17) is 28.9 Å². The Labute approximate surface area is 368 Å². The lowest BCUT2D eigenvalue weighted by Gasteiger charge is -2.20. The normalized spacial score (nSPS) is 15.3. The van der Waals surface area contributed by atoms with Crippen LogP contribution in [0.1, 0.15) is 115 Å². The van der Waals surface area contributed by atoms with Crippen LogP contribution in [0.15, 0.2) is 118 Å². The first-order valence-electron chi connectivity index (χ1n) is 22.4. The summed E-state index contributed by atoms with van der Waals surface area (Å²) in [4.78, 5) is 41.3. The maximum atomic E-state index is 14.0. The third-order valence-electron chi connectivity index (χ3n) is 10.3. The lowest BCUT2D eigenvalue weighted by atomic mass is 10.1. The molecule has 0 N–H and O–H groups in total. The summed E-state index contributed by atoms with van der Waals surface area (Å²) in [6.07, 6.45) is 11.2. The van der Waals surface area contributed by atoms with E-state index >= 15 is 0 Å². The molecule has 0 saturated carbocycles. The Morgan fingerprint density at radius 1 is 0.484 bits per heavy atom. The number of rotatable bonds is 23. The highest BCUT2D eigenvalue weighted by Crippen LogP contribution is 2.28. The highest BCUT2D eigenvalue weighted by molar-refractivity contribution is 6.20. The first-order valence-corrected chi connectivity index (χ1v) is 22.4. The summed E-state index contributed by atoms with van der Waals surface area (Å²) in [5, 5.41) is 0. The number of aliphatic imine (C=N–C) groups is 2. The average molecular weight is 839 g/mol. The highest BCUT2D eigenvalue weighted by atomic mass is 16.5. The van der Waals surface area contributed by atoms with E-state index in [1.165, 1.54) is 0 Å². The minimum absolute atomic E-state index is 0.0717. The molecule has 0 aliphatic carbocycles. The number of benzene rings is 4. The molecule has 2 aliphatic heterocycles. The molecule has 2 heterocycles. The molecule has 4 aromatic rings. The zero-order chi connectivity index (χ0) is 43.8. The van der Waals surface area contributed by atoms with Crippen LogP contribution in [0.4, 0.5) is 0 Å². The Morgan fingerprint density at radius 2 is 0.839 bits per heavy atom. The van der Waals surface area contributed by atoms with Gasteiger partial charge < -0.3 is 18.9 Å². The van der Waals surface area contributed by atoms with Crippen molar-refractivity contribution in [1.29, 1.82) is 0 Å². The lowest BCUT2D eigenvalue weighted by molar-refractivity contribution is -0.123. The van der Waals surface area contributed by atoms with E-state index in [0.29, 0.717) is 49.4 Å². The number of ether oxygens (including phenoxy) is 4. The number of amidine groups is 2. The maximum absolute atomic E-state index is 14.0. The van der Waals surface area contributed by atoms with Crippen LogP contribution in [-0.4, -0.2) is 71.8 Å². The van der Waals surface area contributed by atoms with E-state index in [2.05, 4.69) is 13.8 Å². The molecule has 0 radical (unpaired) electrons. The number of nitrogens with zero attached hydrogens (tertiary/aromatic N) is 4. The lowest BCUT2D eigenvalue weighted by Crippen LogP contribution is -2.34. The van der Waals surface area contributed by atoms with Crippen LogP contribution in [0, 0.1) is 0 Å². The molecule has 0 saturated heterocycles. The van der Waals surface area contributed by atoms with Crippen LogP contribution in [0.25, 0.3) is 12.2 Å². The topological polar surface area (TPSA) is 102 Å². The van der Waals surface area contributed by atoms with Crippen LogP contribution in [0.5, 0.6) is 23.0 Å². The third kappa shape index (κ3) is 12.7. The number of carbonyl (C=O) groups is 2. The van der Waals surface area contributed by atoms with Crippen LogP contribution in [0.3, 0.4) is 0 Å². The summed E-state index contributed by atoms with van der Waals surface area (Å²) < 4.78 is 23.4. The molecule has 62 heavy (non-hydrogen) atoms. The van der Waals surface area contributed by atoms with Gasteiger partial charge in [0.05, 0.1) is 25.4 Å². The van der Waals surface area contributed by atoms with Gasteiger partial charge in [0.15, 0.2) is 0 Å². The number of carbonyl (C=O) groups excluding carboxylic acids is 2. The number of unbranched alkanes of at least 4 members (excludes halogenated alkanes) is 5. The first-order chi connectivity index (χ1) is 30.1. The predicted octanol–water partition coefficient (Wildman–Crippen LogP) is 11.1. The predicted molar refractivity (Wildman–Crippen MR) is 249 cm³/mol. The summed E-state index contributed by atoms with van der Waals surface area (Å²) in [7, 11) is 0. The van der Waals surface area contributed by atoms with Crippen LogP contribution in [0.2, 0.25) is 0 Å². The summed E-state index contributed by atoms with van der Waals surface area (Å²) in [6.45, 7) is 14.6. The van der Waals surface area contributed by atoms with E-state index in [1.54, 1.807) is 9.80 Å². The van der Waals surface area contributed by atoms with Gasteiger partial charge in [-0.15, -0.1) is 0 Å². The third-order valence-corrected chi connectivity index (χ3v) is 10.3. The molecule has 0 spiro atoms. The van der Waals surface area contributed by atoms with Gasteiger partial charge >= 0.3 is 0 Å². The Bertz CT molecular complexity index is 2050. The largest absolute Gasteiger partial charge is 0.494 e. The molecule has 6 rings (SSSR count). The molecule has 4 aromatic carbocycles. The van der Waals surface area contributed by atoms with Crippen molar-refractivity contribution in [3.63, 3.8) is 0 Å². The molecule has 326 valence electrons. The minimum Gasteiger partial charge on any atom is -0.494 e. The van der Waals surface area contributed by atoms with Crippen molar-refractivity contribution < 1.29 is 28.5 Å². The molecular weight excluding hydrogens is 777 g/mol. The Balaban J connectivity index is 1.12. The SMILES string of the molecule is CCCCOc1ccc(C2=N/C(=C\c3ccc(OC(C)C)cc3)C(=O)N2CCCCCCN2C(=O)/C(=C\c3ccc(OC(C)C)cc3)N=C2c2ccc(OCCCC)cc2)cc1. The quantitative estimate of drug-likeness (QED) is 0.0544. The van der Waals surface area contributed by atoms with Crippen molar-refractivity contribution in [3.8, 4) is 23.0 Å². The van der Waals surface area contributed by atoms with Gasteiger partial charge in [0.25, 0.3) is 11.8 Å². The summed E-state index contributed by atoms with van der Waals surface area (Å²) >= 11 is 0. The van der Waals surface area contributed by atoms with E-state index < -0.39 is 0 Å². The molecule has 0 unspecified atom stereocenters. The van der Waals surface area contributed by atoms with Crippen LogP contribution >= 0.6 is 0 Å². The van der Waals surface area contributed by atoms with Crippen LogP contribution < -0.4 is 18.9 Å². The Kier molecular flexibility index (Phi) is 16.5. The zero-order valence-corrected chi connectivity index (χ0v) is 37.3. The summed E-state index contributed by atoms with van der Waals surface area (Å²) in [5.41, 5.74) is 4.24. The van der Waals surface area contributed by atoms with Crippen molar-refractivity contribution in [2.75, 3.05) is 26.3 Å². The fourth-order valence-electron chi connectivity index (χ4n) is 7.07. The fourth-order valence-corrected chi connectivity index (χ4v) is 7.07. The minimum atomic E-state index is -0.127. The molecule has 2 aliphatic rings. The average Bonchev–Trinajstić information content (AvgIpc) is 3.74. The maximum Gasteiger partial charge on any atom is 0.278 e. The summed E-state index contributed by atoms with van der Waals surface area (Å²) in [6, 6.07) is 31.1. The molecule has 0 aromatic heterocycles. The van der Waals surface area contributed by atoms with Gasteiger partial charge in [-0.25, -0.2) is 9.98 Å². The fraction of sp³-hybridized carbons (Fsp3) is 0.385. The summed E-state index contributed by atoms with van der Waals surface area (Å²) in [5.74, 6) is 4.16. The zero-order valence-electron chi connectivity index (χ0n) is 37.3. The second-order valence-corrected chi connectivity index (χ2v) is 16.2. The monoisotopic (exact) mass is 838 g/mol. The van der Waals surface area contributed by atoms with Crippen molar-refractivity contribution in [2.45, 2.75) is 105 Å². The van der Waals surface area contributed by atoms with Crippen molar-refractivity contribution >= 4 is 35.6 Å². The molecule has 0 bridgehead atoms. The second kappa shape index (κ2) is 22.6. The van der Waals surface area contributed by atoms with E-state index in [0.717, 1.165) is 96.6 Å². The number of hydrogen-bond donors (Lipinski definition) is 0. The Hall–Kier alpha value is -6.16. The molecular formula is C52H62N4O6. The Morgan fingerprint density at radius 3 is 1.18 bits per heavy atom. The van der Waals surface area contributed by atoms with E-state index in [1.807, 2.05) is 137 Å². The van der Waals surface area contributed by atoms with Gasteiger partial charge in [-0.3, -0.25) is 19.4 Å². The van der Waals surface area contributed by atoms with Gasteiger partial charge in [-0.2, -0.15) is 0 Å². The van der Waals surface area contributed by atoms with Crippen LogP contribution in [-0.2, 0) is 9.59 Å². The van der Waals surface area contributed by atoms with Crippen molar-refractivity contribution in [2.24, 2.45) is 9.98 Å². The first kappa shape index (κ1) is 45.4. The van der Waals surface area contributed by atoms with Crippen molar-refractivity contribution in [3.05, 3.63) is 131 Å². The van der Waals surface area contributed by atoms with Gasteiger partial charge in [-0.05, 0) is 149 Å². The molecule has 2 amide bonds. The molecule has 0 fully saturated rings. The van der Waals surface area contributed by atoms with Gasteiger partial charge in [0, 0.05) is 24.2 Å². The van der Waals surface area contributed by atoms with Gasteiger partial charge in [0.2, 0.25) is 0 Å². The number of hydrogen-bond acceptors (Lipinski definition) is 8. The second-order valence-electron chi connectivity index (χ2n) is 16.2. The molecule has 10 nitrogen and oxygen atoms in total. The standard InChI is InChI=1S/C52H62N4O6/c1-7-9-33-59-43-27-19-41(20-28-43)49-53-47(35-39-15-23-45(24-16-39)61-37(3)4)51(57)55(49)31-13-11-12-14-32-56-50(42-21-29-44(30-22-42)60-34-10-8-2)54-48(52(56)58)36-40-17-25-46(26-18-40)62-38(5)6/h15-30,35-38H,7-14,31-34H2,1-6H3/b47-35-,48-36+. The molecule has 0 atom stereocenters. The van der Waals surface area contributed by atoms with E-state index in [9.17, 15) is 9.59 Å². The van der Waals surface area contributed by atoms with Gasteiger partial charge in [0.1, 0.15) is 46.1 Å². The smallest absolute Gasteiger partial charge is 0.278 e. The number of amides is 2. The molecule has 10 heteroatoms. The van der Waals surface area contributed by atoms with E-state index in [-0.39, 0.29) is 24.0 Å². The highest BCUT2D eigenvalue weighted by Gasteiger charge is 2.32. The van der Waals surface area contributed by atoms with Gasteiger partial charge in [-0.1, -0.05) is 63.8 Å².